The number of carbonyl (C=O) groups excluding carboxylic acids is 1. The van der Waals surface area contributed by atoms with Crippen LogP contribution < -0.4 is 10.1 Å². The van der Waals surface area contributed by atoms with E-state index in [1.54, 1.807) is 0 Å². The first-order valence-corrected chi connectivity index (χ1v) is 9.54. The van der Waals surface area contributed by atoms with Crippen LogP contribution in [0.1, 0.15) is 18.1 Å². The highest BCUT2D eigenvalue weighted by Gasteiger charge is 2.07. The van der Waals surface area contributed by atoms with E-state index in [0.29, 0.717) is 18.1 Å². The van der Waals surface area contributed by atoms with Crippen molar-refractivity contribution in [1.29, 1.82) is 0 Å². The molecule has 0 aromatic heterocycles. The summed E-state index contributed by atoms with van der Waals surface area (Å²) in [4.78, 5) is 11.8. The number of rotatable bonds is 9. The molecule has 128 valence electrons. The lowest BCUT2D eigenvalue weighted by atomic mass is 10.1. The van der Waals surface area contributed by atoms with E-state index in [9.17, 15) is 9.00 Å². The number of benzene rings is 2. The molecule has 0 bridgehead atoms. The number of hydrogen-bond donors (Lipinski definition) is 1. The van der Waals surface area contributed by atoms with Crippen LogP contribution in [0.2, 0.25) is 0 Å². The van der Waals surface area contributed by atoms with Crippen LogP contribution in [0.4, 0.5) is 0 Å². The molecule has 0 saturated heterocycles. The Labute approximate surface area is 145 Å². The Balaban J connectivity index is 1.67. The Kier molecular flexibility index (Phi) is 7.49. The zero-order valence-corrected chi connectivity index (χ0v) is 14.7. The van der Waals surface area contributed by atoms with Gasteiger partial charge in [0.15, 0.2) is 6.61 Å². The van der Waals surface area contributed by atoms with Crippen molar-refractivity contribution in [3.8, 4) is 5.75 Å². The Morgan fingerprint density at radius 3 is 2.54 bits per heavy atom. The molecule has 0 spiro atoms. The molecular formula is C19H23NO3S. The fraction of sp³-hybridized carbons (Fsp3) is 0.316. The minimum Gasteiger partial charge on any atom is -0.483 e. The van der Waals surface area contributed by atoms with Gasteiger partial charge in [0.05, 0.1) is 0 Å². The SMILES string of the molecule is CCc1ccccc1OCC(=O)NCC[S@](=O)Cc1ccccc1. The lowest BCUT2D eigenvalue weighted by Crippen LogP contribution is -2.32. The minimum absolute atomic E-state index is 0.0255. The van der Waals surface area contributed by atoms with Crippen LogP contribution in [0.25, 0.3) is 0 Å². The van der Waals surface area contributed by atoms with E-state index in [1.165, 1.54) is 0 Å². The Morgan fingerprint density at radius 2 is 1.79 bits per heavy atom. The average molecular weight is 345 g/mol. The highest BCUT2D eigenvalue weighted by Crippen LogP contribution is 2.17. The van der Waals surface area contributed by atoms with Crippen molar-refractivity contribution in [3.05, 3.63) is 65.7 Å². The van der Waals surface area contributed by atoms with E-state index < -0.39 is 10.8 Å². The lowest BCUT2D eigenvalue weighted by Gasteiger charge is -2.10. The first kappa shape index (κ1) is 18.2. The summed E-state index contributed by atoms with van der Waals surface area (Å²) < 4.78 is 17.5. The Bertz CT molecular complexity index is 673. The molecule has 0 aliphatic rings. The smallest absolute Gasteiger partial charge is 0.257 e. The fourth-order valence-corrected chi connectivity index (χ4v) is 3.31. The zero-order chi connectivity index (χ0) is 17.2. The van der Waals surface area contributed by atoms with Crippen LogP contribution in [0, 0.1) is 0 Å². The molecule has 24 heavy (non-hydrogen) atoms. The first-order valence-electron chi connectivity index (χ1n) is 8.05. The molecule has 2 aromatic rings. The van der Waals surface area contributed by atoms with Crippen molar-refractivity contribution < 1.29 is 13.7 Å². The molecule has 0 heterocycles. The molecule has 1 N–H and O–H groups in total. The molecule has 2 aromatic carbocycles. The lowest BCUT2D eigenvalue weighted by molar-refractivity contribution is -0.122. The fourth-order valence-electron chi connectivity index (χ4n) is 2.27. The Morgan fingerprint density at radius 1 is 1.08 bits per heavy atom. The average Bonchev–Trinajstić information content (AvgIpc) is 2.61. The second kappa shape index (κ2) is 9.88. The van der Waals surface area contributed by atoms with Gasteiger partial charge in [0.1, 0.15) is 5.75 Å². The summed E-state index contributed by atoms with van der Waals surface area (Å²) >= 11 is 0. The molecule has 0 unspecified atom stereocenters. The number of amides is 1. The Hall–Kier alpha value is -2.14. The summed E-state index contributed by atoms with van der Waals surface area (Å²) in [5, 5.41) is 2.75. The molecular weight excluding hydrogens is 322 g/mol. The molecule has 0 saturated carbocycles. The number of ether oxygens (including phenoxy) is 1. The second-order valence-electron chi connectivity index (χ2n) is 5.37. The molecule has 5 heteroatoms. The molecule has 0 aliphatic carbocycles. The highest BCUT2D eigenvalue weighted by molar-refractivity contribution is 7.84. The van der Waals surface area contributed by atoms with Crippen molar-refractivity contribution in [1.82, 2.24) is 5.32 Å². The van der Waals surface area contributed by atoms with E-state index >= 15 is 0 Å². The first-order chi connectivity index (χ1) is 11.7. The van der Waals surface area contributed by atoms with Gasteiger partial charge in [0.25, 0.3) is 5.91 Å². The third-order valence-corrected chi connectivity index (χ3v) is 4.85. The zero-order valence-electron chi connectivity index (χ0n) is 13.9. The van der Waals surface area contributed by atoms with Gasteiger partial charge in [-0.15, -0.1) is 0 Å². The van der Waals surface area contributed by atoms with E-state index in [-0.39, 0.29) is 12.5 Å². The molecule has 1 amide bonds. The normalized spacial score (nSPS) is 11.7. The number of hydrogen-bond acceptors (Lipinski definition) is 3. The van der Waals surface area contributed by atoms with Crippen LogP contribution in [0.3, 0.4) is 0 Å². The van der Waals surface area contributed by atoms with Gasteiger partial charge in [-0.05, 0) is 23.6 Å². The van der Waals surface area contributed by atoms with Gasteiger partial charge in [0, 0.05) is 28.9 Å². The standard InChI is InChI=1S/C19H23NO3S/c1-2-17-10-6-7-11-18(17)23-14-19(21)20-12-13-24(22)15-16-8-4-3-5-9-16/h3-11H,2,12-15H2,1H3,(H,20,21)/t24-/m0/s1. The van der Waals surface area contributed by atoms with Crippen LogP contribution >= 0.6 is 0 Å². The van der Waals surface area contributed by atoms with Gasteiger partial charge in [-0.3, -0.25) is 9.00 Å². The van der Waals surface area contributed by atoms with Gasteiger partial charge in [-0.2, -0.15) is 0 Å². The summed E-state index contributed by atoms with van der Waals surface area (Å²) in [5.74, 6) is 1.49. The van der Waals surface area contributed by atoms with Gasteiger partial charge in [-0.25, -0.2) is 0 Å². The van der Waals surface area contributed by atoms with Crippen LogP contribution in [-0.4, -0.2) is 29.0 Å². The van der Waals surface area contributed by atoms with Crippen LogP contribution in [-0.2, 0) is 27.8 Å². The van der Waals surface area contributed by atoms with Gasteiger partial charge < -0.3 is 10.1 Å². The number of para-hydroxylation sites is 1. The predicted molar refractivity (Wildman–Crippen MR) is 97.5 cm³/mol. The van der Waals surface area contributed by atoms with Crippen LogP contribution in [0.5, 0.6) is 5.75 Å². The highest BCUT2D eigenvalue weighted by atomic mass is 32.2. The molecule has 0 fully saturated rings. The summed E-state index contributed by atoms with van der Waals surface area (Å²) in [6.07, 6.45) is 0.857. The van der Waals surface area contributed by atoms with E-state index in [2.05, 4.69) is 5.32 Å². The van der Waals surface area contributed by atoms with Crippen molar-refractivity contribution >= 4 is 16.7 Å². The molecule has 1 atom stereocenters. The maximum Gasteiger partial charge on any atom is 0.257 e. The summed E-state index contributed by atoms with van der Waals surface area (Å²) in [6.45, 7) is 2.41. The second-order valence-corrected chi connectivity index (χ2v) is 6.95. The topological polar surface area (TPSA) is 55.4 Å². The quantitative estimate of drug-likeness (QED) is 0.760. The van der Waals surface area contributed by atoms with Crippen LogP contribution in [0.15, 0.2) is 54.6 Å². The summed E-state index contributed by atoms with van der Waals surface area (Å²) in [7, 11) is -0.988. The van der Waals surface area contributed by atoms with Gasteiger partial charge in [-0.1, -0.05) is 55.5 Å². The van der Waals surface area contributed by atoms with E-state index in [0.717, 1.165) is 23.3 Å². The van der Waals surface area contributed by atoms with Crippen molar-refractivity contribution in [2.24, 2.45) is 0 Å². The van der Waals surface area contributed by atoms with E-state index in [1.807, 2.05) is 61.5 Å². The molecule has 2 rings (SSSR count). The van der Waals surface area contributed by atoms with Gasteiger partial charge in [0.2, 0.25) is 0 Å². The predicted octanol–water partition coefficient (Wildman–Crippen LogP) is 2.69. The maximum atomic E-state index is 12.0. The van der Waals surface area contributed by atoms with Crippen molar-refractivity contribution in [2.75, 3.05) is 18.9 Å². The summed E-state index contributed by atoms with van der Waals surface area (Å²) in [5.41, 5.74) is 2.12. The van der Waals surface area contributed by atoms with Crippen molar-refractivity contribution in [3.63, 3.8) is 0 Å². The number of carbonyl (C=O) groups is 1. The third kappa shape index (κ3) is 6.16. The largest absolute Gasteiger partial charge is 0.483 e. The molecule has 0 aliphatic heterocycles. The number of aryl methyl sites for hydroxylation is 1. The molecule has 4 nitrogen and oxygen atoms in total. The van der Waals surface area contributed by atoms with Gasteiger partial charge >= 0.3 is 0 Å². The molecule has 0 radical (unpaired) electrons. The summed E-state index contributed by atoms with van der Waals surface area (Å²) in [6, 6.07) is 17.4. The monoisotopic (exact) mass is 345 g/mol. The maximum absolute atomic E-state index is 12.0. The third-order valence-electron chi connectivity index (χ3n) is 3.53. The minimum atomic E-state index is -0.988. The van der Waals surface area contributed by atoms with E-state index in [4.69, 9.17) is 4.74 Å². The number of nitrogens with one attached hydrogen (secondary N) is 1. The van der Waals surface area contributed by atoms with Crippen molar-refractivity contribution in [2.45, 2.75) is 19.1 Å².